The summed E-state index contributed by atoms with van der Waals surface area (Å²) in [7, 11) is 0. The fourth-order valence-electron chi connectivity index (χ4n) is 2.40. The van der Waals surface area contributed by atoms with Crippen molar-refractivity contribution in [2.75, 3.05) is 5.32 Å². The van der Waals surface area contributed by atoms with E-state index in [9.17, 15) is 4.79 Å². The first kappa shape index (κ1) is 19.5. The highest BCUT2D eigenvalue weighted by atomic mass is 16.6. The molecule has 0 amide bonds. The van der Waals surface area contributed by atoms with E-state index in [0.29, 0.717) is 0 Å². The Morgan fingerprint density at radius 3 is 2.52 bits per heavy atom. The quantitative estimate of drug-likeness (QED) is 0.489. The molecule has 23 heavy (non-hydrogen) atoms. The summed E-state index contributed by atoms with van der Waals surface area (Å²) in [4.78, 5) is 16.5. The fraction of sp³-hybridized carbons (Fsp3) is 0.684. The van der Waals surface area contributed by atoms with Crippen LogP contribution in [-0.4, -0.2) is 22.6 Å². The third-order valence-corrected chi connectivity index (χ3v) is 3.54. The van der Waals surface area contributed by atoms with E-state index in [-0.39, 0.29) is 12.0 Å². The van der Waals surface area contributed by atoms with Crippen molar-refractivity contribution < 1.29 is 9.53 Å². The van der Waals surface area contributed by atoms with Gasteiger partial charge in [-0.05, 0) is 39.3 Å². The van der Waals surface area contributed by atoms with Gasteiger partial charge in [-0.2, -0.15) is 0 Å². The van der Waals surface area contributed by atoms with Crippen LogP contribution in [-0.2, 0) is 9.53 Å². The molecule has 1 heterocycles. The van der Waals surface area contributed by atoms with Crippen LogP contribution in [0.3, 0.4) is 0 Å². The van der Waals surface area contributed by atoms with Gasteiger partial charge in [-0.3, -0.25) is 4.98 Å². The van der Waals surface area contributed by atoms with E-state index in [0.717, 1.165) is 24.9 Å². The first-order valence-electron chi connectivity index (χ1n) is 8.82. The number of hydrogen-bond donors (Lipinski definition) is 1. The maximum absolute atomic E-state index is 12.4. The van der Waals surface area contributed by atoms with Crippen molar-refractivity contribution >= 4 is 11.7 Å². The minimum absolute atomic E-state index is 0.185. The second kappa shape index (κ2) is 10.2. The lowest BCUT2D eigenvalue weighted by Gasteiger charge is -2.25. The van der Waals surface area contributed by atoms with Gasteiger partial charge in [-0.1, -0.05) is 45.4 Å². The molecule has 1 N–H and O–H groups in total. The lowest BCUT2D eigenvalue weighted by molar-refractivity contribution is -0.156. The predicted octanol–water partition coefficient (Wildman–Crippen LogP) is 4.95. The minimum atomic E-state index is -0.465. The zero-order valence-corrected chi connectivity index (χ0v) is 15.1. The van der Waals surface area contributed by atoms with Crippen LogP contribution in [0.5, 0.6) is 0 Å². The zero-order valence-electron chi connectivity index (χ0n) is 15.1. The molecule has 1 aromatic rings. The lowest BCUT2D eigenvalue weighted by atomic mass is 10.0. The fourth-order valence-corrected chi connectivity index (χ4v) is 2.40. The van der Waals surface area contributed by atoms with E-state index in [1.807, 2.05) is 32.9 Å². The minimum Gasteiger partial charge on any atom is -0.458 e. The molecule has 0 aliphatic heterocycles. The summed E-state index contributed by atoms with van der Waals surface area (Å²) < 4.78 is 5.55. The molecular weight excluding hydrogens is 288 g/mol. The Kier molecular flexibility index (Phi) is 8.67. The van der Waals surface area contributed by atoms with Gasteiger partial charge in [0, 0.05) is 12.4 Å². The maximum Gasteiger partial charge on any atom is 0.329 e. The molecule has 0 bridgehead atoms. The van der Waals surface area contributed by atoms with Crippen LogP contribution in [0.4, 0.5) is 5.69 Å². The highest BCUT2D eigenvalue weighted by molar-refractivity contribution is 5.79. The Balaban J connectivity index is 2.52. The van der Waals surface area contributed by atoms with Gasteiger partial charge in [0.1, 0.15) is 11.6 Å². The Bertz CT molecular complexity index is 440. The first-order valence-corrected chi connectivity index (χ1v) is 8.82. The van der Waals surface area contributed by atoms with Gasteiger partial charge in [0.15, 0.2) is 0 Å². The number of nitrogens with zero attached hydrogens (tertiary/aromatic N) is 1. The Morgan fingerprint density at radius 1 is 1.22 bits per heavy atom. The van der Waals surface area contributed by atoms with Crippen LogP contribution in [0.2, 0.25) is 0 Å². The van der Waals surface area contributed by atoms with Crippen molar-refractivity contribution in [2.24, 2.45) is 0 Å². The molecule has 0 saturated heterocycles. The van der Waals surface area contributed by atoms with Crippen LogP contribution >= 0.6 is 0 Å². The third kappa shape index (κ3) is 9.22. The average molecular weight is 320 g/mol. The summed E-state index contributed by atoms with van der Waals surface area (Å²) in [5.41, 5.74) is 0.391. The third-order valence-electron chi connectivity index (χ3n) is 3.54. The molecular formula is C19H32N2O2. The summed E-state index contributed by atoms with van der Waals surface area (Å²) in [5, 5.41) is 3.27. The lowest BCUT2D eigenvalue weighted by Crippen LogP contribution is -2.36. The molecule has 1 rings (SSSR count). The van der Waals surface area contributed by atoms with Gasteiger partial charge in [0.2, 0.25) is 0 Å². The predicted molar refractivity (Wildman–Crippen MR) is 95.5 cm³/mol. The smallest absolute Gasteiger partial charge is 0.329 e. The number of nitrogens with one attached hydrogen (secondary N) is 1. The van der Waals surface area contributed by atoms with Crippen LogP contribution in [0, 0.1) is 0 Å². The second-order valence-corrected chi connectivity index (χ2v) is 7.03. The van der Waals surface area contributed by atoms with Gasteiger partial charge >= 0.3 is 5.97 Å². The van der Waals surface area contributed by atoms with E-state index in [4.69, 9.17) is 4.74 Å². The molecule has 0 aliphatic rings. The normalized spacial score (nSPS) is 12.7. The standard InChI is InChI=1S/C19H32N2O2/c1-5-6-7-8-9-10-13-17(18(22)23-19(2,3)4)21-16-12-11-14-20-15-16/h11-12,14-15,17,21H,5-10,13H2,1-4H3. The number of carbonyl (C=O) groups is 1. The Labute approximate surface area is 141 Å². The van der Waals surface area contributed by atoms with E-state index in [1.54, 1.807) is 12.4 Å². The number of anilines is 1. The number of esters is 1. The molecule has 0 radical (unpaired) electrons. The van der Waals surface area contributed by atoms with Crippen molar-refractivity contribution in [1.82, 2.24) is 4.98 Å². The number of carbonyl (C=O) groups excluding carboxylic acids is 1. The molecule has 0 aliphatic carbocycles. The number of hydrogen-bond acceptors (Lipinski definition) is 4. The van der Waals surface area contributed by atoms with Gasteiger partial charge in [-0.15, -0.1) is 0 Å². The highest BCUT2D eigenvalue weighted by Gasteiger charge is 2.24. The van der Waals surface area contributed by atoms with Crippen molar-refractivity contribution in [2.45, 2.75) is 84.3 Å². The Hall–Kier alpha value is -1.58. The van der Waals surface area contributed by atoms with Crippen LogP contribution in [0.1, 0.15) is 72.6 Å². The number of unbranched alkanes of at least 4 members (excludes halogenated alkanes) is 5. The van der Waals surface area contributed by atoms with Crippen molar-refractivity contribution in [3.8, 4) is 0 Å². The molecule has 1 unspecified atom stereocenters. The summed E-state index contributed by atoms with van der Waals surface area (Å²) in [5.74, 6) is -0.185. The number of rotatable bonds is 10. The largest absolute Gasteiger partial charge is 0.458 e. The molecule has 1 atom stereocenters. The molecule has 0 fully saturated rings. The van der Waals surface area contributed by atoms with Crippen LogP contribution < -0.4 is 5.32 Å². The van der Waals surface area contributed by atoms with Crippen molar-refractivity contribution in [1.29, 1.82) is 0 Å². The van der Waals surface area contributed by atoms with Crippen LogP contribution in [0.15, 0.2) is 24.5 Å². The Morgan fingerprint density at radius 2 is 1.91 bits per heavy atom. The SMILES string of the molecule is CCCCCCCCC(Nc1cccnc1)C(=O)OC(C)(C)C. The molecule has 0 saturated carbocycles. The molecule has 4 nitrogen and oxygen atoms in total. The second-order valence-electron chi connectivity index (χ2n) is 7.03. The highest BCUT2D eigenvalue weighted by Crippen LogP contribution is 2.16. The topological polar surface area (TPSA) is 51.2 Å². The summed E-state index contributed by atoms with van der Waals surface area (Å²) in [6.07, 6.45) is 11.5. The summed E-state index contributed by atoms with van der Waals surface area (Å²) in [6, 6.07) is 3.47. The number of aromatic nitrogens is 1. The average Bonchev–Trinajstić information content (AvgIpc) is 2.49. The summed E-state index contributed by atoms with van der Waals surface area (Å²) >= 11 is 0. The molecule has 4 heteroatoms. The molecule has 1 aromatic heterocycles. The van der Waals surface area contributed by atoms with E-state index in [1.165, 1.54) is 25.7 Å². The van der Waals surface area contributed by atoms with Crippen LogP contribution in [0.25, 0.3) is 0 Å². The van der Waals surface area contributed by atoms with Gasteiger partial charge in [0.25, 0.3) is 0 Å². The maximum atomic E-state index is 12.4. The first-order chi connectivity index (χ1) is 10.9. The molecule has 0 aromatic carbocycles. The van der Waals surface area contributed by atoms with E-state index < -0.39 is 5.60 Å². The van der Waals surface area contributed by atoms with Crippen molar-refractivity contribution in [3.63, 3.8) is 0 Å². The molecule has 0 spiro atoms. The van der Waals surface area contributed by atoms with E-state index >= 15 is 0 Å². The number of pyridine rings is 1. The van der Waals surface area contributed by atoms with Gasteiger partial charge in [0.05, 0.1) is 5.69 Å². The van der Waals surface area contributed by atoms with Gasteiger partial charge in [-0.25, -0.2) is 4.79 Å². The summed E-state index contributed by atoms with van der Waals surface area (Å²) in [6.45, 7) is 7.92. The monoisotopic (exact) mass is 320 g/mol. The van der Waals surface area contributed by atoms with E-state index in [2.05, 4.69) is 17.2 Å². The van der Waals surface area contributed by atoms with Crippen molar-refractivity contribution in [3.05, 3.63) is 24.5 Å². The van der Waals surface area contributed by atoms with Gasteiger partial charge < -0.3 is 10.1 Å². The number of ether oxygens (including phenoxy) is 1. The zero-order chi connectivity index (χ0) is 17.1. The molecule has 130 valence electrons.